The summed E-state index contributed by atoms with van der Waals surface area (Å²) in [6.07, 6.45) is 2.19. The summed E-state index contributed by atoms with van der Waals surface area (Å²) in [6, 6.07) is 0. The van der Waals surface area contributed by atoms with Crippen LogP contribution < -0.4 is 0 Å². The summed E-state index contributed by atoms with van der Waals surface area (Å²) in [5.41, 5.74) is 1.37. The van der Waals surface area contributed by atoms with Crippen molar-refractivity contribution in [3.05, 3.63) is 15.9 Å². The molecule has 1 N–H and O–H groups in total. The number of hydrogen-bond acceptors (Lipinski definition) is 3. The van der Waals surface area contributed by atoms with Crippen molar-refractivity contribution < 1.29 is 9.84 Å². The Kier molecular flexibility index (Phi) is 3.37. The maximum atomic E-state index is 10.3. The molecule has 1 aliphatic heterocycles. The number of nitrogens with zero attached hydrogens (tertiary/aromatic N) is 2. The highest BCUT2D eigenvalue weighted by atomic mass is 79.9. The molecule has 16 heavy (non-hydrogen) atoms. The van der Waals surface area contributed by atoms with E-state index in [1.165, 1.54) is 0 Å². The lowest BCUT2D eigenvalue weighted by Gasteiger charge is -2.20. The molecule has 0 aromatic carbocycles. The van der Waals surface area contributed by atoms with Crippen LogP contribution in [0.1, 0.15) is 24.7 Å². The van der Waals surface area contributed by atoms with Crippen molar-refractivity contribution >= 4 is 15.9 Å². The molecule has 1 saturated heterocycles. The Morgan fingerprint density at radius 2 is 2.38 bits per heavy atom. The van der Waals surface area contributed by atoms with Gasteiger partial charge < -0.3 is 9.84 Å². The second-order valence-corrected chi connectivity index (χ2v) is 5.18. The zero-order valence-electron chi connectivity index (χ0n) is 9.66. The zero-order chi connectivity index (χ0) is 11.8. The average Bonchev–Trinajstić information content (AvgIpc) is 2.78. The molecule has 1 aromatic rings. The first-order valence-corrected chi connectivity index (χ1v) is 6.35. The predicted molar refractivity (Wildman–Crippen MR) is 64.4 cm³/mol. The number of ether oxygens (including phenoxy) is 1. The summed E-state index contributed by atoms with van der Waals surface area (Å²) in [4.78, 5) is 0. The number of rotatable bonds is 3. The third kappa shape index (κ3) is 2.17. The molecule has 1 atom stereocenters. The Morgan fingerprint density at radius 3 is 2.88 bits per heavy atom. The number of aromatic nitrogens is 2. The third-order valence-corrected chi connectivity index (χ3v) is 4.00. The van der Waals surface area contributed by atoms with Gasteiger partial charge in [0.1, 0.15) is 0 Å². The summed E-state index contributed by atoms with van der Waals surface area (Å²) in [6.45, 7) is 3.14. The predicted octanol–water partition coefficient (Wildman–Crippen LogP) is 1.44. The molecule has 1 aliphatic rings. The summed E-state index contributed by atoms with van der Waals surface area (Å²) in [5.74, 6) is 0. The van der Waals surface area contributed by atoms with Crippen molar-refractivity contribution in [1.29, 1.82) is 0 Å². The van der Waals surface area contributed by atoms with E-state index < -0.39 is 5.60 Å². The Balaban J connectivity index is 2.23. The van der Waals surface area contributed by atoms with Crippen molar-refractivity contribution in [3.63, 3.8) is 0 Å². The molecule has 0 radical (unpaired) electrons. The van der Waals surface area contributed by atoms with Crippen LogP contribution in [0.4, 0.5) is 0 Å². The first-order valence-electron chi connectivity index (χ1n) is 5.56. The minimum atomic E-state index is -0.721. The molecule has 1 fully saturated rings. The summed E-state index contributed by atoms with van der Waals surface area (Å²) < 4.78 is 8.12. The smallest absolute Gasteiger partial charge is 0.0957 e. The number of hydrogen-bond donors (Lipinski definition) is 1. The van der Waals surface area contributed by atoms with Gasteiger partial charge in [0.25, 0.3) is 0 Å². The van der Waals surface area contributed by atoms with Crippen LogP contribution in [0.15, 0.2) is 4.47 Å². The molecule has 1 unspecified atom stereocenters. The fraction of sp³-hybridized carbons (Fsp3) is 0.727. The van der Waals surface area contributed by atoms with E-state index in [2.05, 4.69) is 28.0 Å². The summed E-state index contributed by atoms with van der Waals surface area (Å²) in [7, 11) is 1.92. The molecule has 0 aliphatic carbocycles. The molecule has 0 bridgehead atoms. The van der Waals surface area contributed by atoms with Gasteiger partial charge in [-0.05, 0) is 22.4 Å². The number of aryl methyl sites for hydroxylation is 2. The van der Waals surface area contributed by atoms with Gasteiger partial charge in [-0.2, -0.15) is 5.10 Å². The highest BCUT2D eigenvalue weighted by Gasteiger charge is 2.34. The van der Waals surface area contributed by atoms with Crippen molar-refractivity contribution in [2.45, 2.75) is 31.8 Å². The maximum Gasteiger partial charge on any atom is 0.0957 e. The topological polar surface area (TPSA) is 47.3 Å². The van der Waals surface area contributed by atoms with Crippen LogP contribution in [0.2, 0.25) is 0 Å². The molecule has 2 heterocycles. The van der Waals surface area contributed by atoms with Crippen LogP contribution in [0.25, 0.3) is 0 Å². The van der Waals surface area contributed by atoms with Crippen LogP contribution in [-0.2, 0) is 24.6 Å². The van der Waals surface area contributed by atoms with Crippen LogP contribution in [0, 0.1) is 0 Å². The Morgan fingerprint density at radius 1 is 1.62 bits per heavy atom. The standard InChI is InChI=1S/C11H17BrN2O2/c1-3-8-10(12)9(14(2)13-8)6-11(15)4-5-16-7-11/h15H,3-7H2,1-2H3. The first-order chi connectivity index (χ1) is 7.56. The lowest BCUT2D eigenvalue weighted by atomic mass is 9.97. The molecule has 2 rings (SSSR count). The van der Waals surface area contributed by atoms with E-state index in [0.717, 1.165) is 22.3 Å². The normalized spacial score (nSPS) is 25.2. The fourth-order valence-electron chi connectivity index (χ4n) is 2.06. The highest BCUT2D eigenvalue weighted by Crippen LogP contribution is 2.29. The molecular weight excluding hydrogens is 272 g/mol. The van der Waals surface area contributed by atoms with Gasteiger partial charge in [-0.15, -0.1) is 0 Å². The minimum absolute atomic E-state index is 0.423. The molecule has 0 spiro atoms. The Hall–Kier alpha value is -0.390. The molecule has 90 valence electrons. The second kappa shape index (κ2) is 4.47. The van der Waals surface area contributed by atoms with E-state index in [-0.39, 0.29) is 0 Å². The zero-order valence-corrected chi connectivity index (χ0v) is 11.2. The van der Waals surface area contributed by atoms with Gasteiger partial charge in [-0.25, -0.2) is 0 Å². The first kappa shape index (κ1) is 12.1. The molecular formula is C11H17BrN2O2. The van der Waals surface area contributed by atoms with E-state index >= 15 is 0 Å². The molecule has 0 amide bonds. The third-order valence-electron chi connectivity index (χ3n) is 3.08. The Bertz CT molecular complexity index is 384. The van der Waals surface area contributed by atoms with E-state index in [0.29, 0.717) is 26.1 Å². The van der Waals surface area contributed by atoms with E-state index in [4.69, 9.17) is 4.74 Å². The van der Waals surface area contributed by atoms with Crippen molar-refractivity contribution in [2.24, 2.45) is 7.05 Å². The van der Waals surface area contributed by atoms with Crippen LogP contribution in [0.3, 0.4) is 0 Å². The maximum absolute atomic E-state index is 10.3. The largest absolute Gasteiger partial charge is 0.387 e. The summed E-state index contributed by atoms with van der Waals surface area (Å²) in [5, 5.41) is 14.7. The van der Waals surface area contributed by atoms with Crippen molar-refractivity contribution in [3.8, 4) is 0 Å². The highest BCUT2D eigenvalue weighted by molar-refractivity contribution is 9.10. The van der Waals surface area contributed by atoms with E-state index in [1.54, 1.807) is 0 Å². The van der Waals surface area contributed by atoms with Crippen molar-refractivity contribution in [1.82, 2.24) is 9.78 Å². The summed E-state index contributed by atoms with van der Waals surface area (Å²) >= 11 is 3.56. The van der Waals surface area contributed by atoms with E-state index in [1.807, 2.05) is 11.7 Å². The van der Waals surface area contributed by atoms with Crippen molar-refractivity contribution in [2.75, 3.05) is 13.2 Å². The fourth-order valence-corrected chi connectivity index (χ4v) is 2.82. The second-order valence-electron chi connectivity index (χ2n) is 4.39. The number of aliphatic hydroxyl groups is 1. The van der Waals surface area contributed by atoms with Gasteiger partial charge in [0.15, 0.2) is 0 Å². The van der Waals surface area contributed by atoms with Gasteiger partial charge in [0.2, 0.25) is 0 Å². The van der Waals surface area contributed by atoms with Gasteiger partial charge in [0.05, 0.1) is 28.1 Å². The van der Waals surface area contributed by atoms with Crippen LogP contribution >= 0.6 is 15.9 Å². The van der Waals surface area contributed by atoms with Crippen LogP contribution in [-0.4, -0.2) is 33.7 Å². The minimum Gasteiger partial charge on any atom is -0.387 e. The molecule has 5 heteroatoms. The molecule has 0 saturated carbocycles. The van der Waals surface area contributed by atoms with Gasteiger partial charge in [-0.3, -0.25) is 4.68 Å². The Labute approximate surface area is 104 Å². The van der Waals surface area contributed by atoms with Crippen LogP contribution in [0.5, 0.6) is 0 Å². The lowest BCUT2D eigenvalue weighted by molar-refractivity contribution is 0.0254. The van der Waals surface area contributed by atoms with Gasteiger partial charge in [-0.1, -0.05) is 6.92 Å². The monoisotopic (exact) mass is 288 g/mol. The molecule has 1 aromatic heterocycles. The SMILES string of the molecule is CCc1nn(C)c(CC2(O)CCOC2)c1Br. The van der Waals surface area contributed by atoms with E-state index in [9.17, 15) is 5.11 Å². The molecule has 4 nitrogen and oxygen atoms in total. The quantitative estimate of drug-likeness (QED) is 0.916. The number of halogens is 1. The van der Waals surface area contributed by atoms with Gasteiger partial charge >= 0.3 is 0 Å². The lowest BCUT2D eigenvalue weighted by Crippen LogP contribution is -2.32. The average molecular weight is 289 g/mol. The van der Waals surface area contributed by atoms with Gasteiger partial charge in [0, 0.05) is 26.5 Å².